The number of rotatable bonds is 6. The predicted molar refractivity (Wildman–Crippen MR) is 152 cm³/mol. The molecule has 5 rings (SSSR count). The maximum atomic E-state index is 14.1. The van der Waals surface area contributed by atoms with Crippen molar-refractivity contribution in [1.29, 1.82) is 0 Å². The summed E-state index contributed by atoms with van der Waals surface area (Å²) in [6.07, 6.45) is -0.0489. The van der Waals surface area contributed by atoms with Crippen LogP contribution in [0.4, 0.5) is 27.6 Å². The van der Waals surface area contributed by atoms with Crippen LogP contribution in [0.25, 0.3) is 16.7 Å². The van der Waals surface area contributed by atoms with Crippen molar-refractivity contribution in [2.24, 2.45) is 5.92 Å². The van der Waals surface area contributed by atoms with Gasteiger partial charge >= 0.3 is 6.18 Å². The van der Waals surface area contributed by atoms with E-state index in [1.165, 1.54) is 13.0 Å². The Hall–Kier alpha value is -4.05. The molecule has 1 amide bonds. The van der Waals surface area contributed by atoms with Crippen LogP contribution in [0.3, 0.4) is 0 Å². The number of hydrogen-bond acceptors (Lipinski definition) is 4. The normalized spacial score (nSPS) is 20.7. The van der Waals surface area contributed by atoms with E-state index in [1.54, 1.807) is 24.4 Å². The molecule has 10 heteroatoms. The number of alkyl halides is 5. The molecule has 0 spiro atoms. The molecule has 0 bridgehead atoms. The average molecular weight is 583 g/mol. The third-order valence-electron chi connectivity index (χ3n) is 7.67. The van der Waals surface area contributed by atoms with E-state index in [-0.39, 0.29) is 25.4 Å². The summed E-state index contributed by atoms with van der Waals surface area (Å²) in [5.74, 6) is -3.87. The van der Waals surface area contributed by atoms with Crippen LogP contribution in [0.15, 0.2) is 84.7 Å². The summed E-state index contributed by atoms with van der Waals surface area (Å²) in [4.78, 5) is 18.9. The lowest BCUT2D eigenvalue weighted by atomic mass is 9.94. The molecular weight excluding hydrogens is 551 g/mol. The number of nitrogens with zero attached hydrogens (tertiary/aromatic N) is 2. The van der Waals surface area contributed by atoms with E-state index in [4.69, 9.17) is 0 Å². The molecule has 1 saturated heterocycles. The number of benzene rings is 2. The lowest BCUT2D eigenvalue weighted by molar-refractivity contribution is -0.141. The predicted octanol–water partition coefficient (Wildman–Crippen LogP) is 7.14. The number of aromatic nitrogens is 1. The summed E-state index contributed by atoms with van der Waals surface area (Å²) in [5.41, 5.74) is 4.02. The van der Waals surface area contributed by atoms with E-state index in [2.05, 4.69) is 15.6 Å². The monoisotopic (exact) mass is 582 g/mol. The highest BCUT2D eigenvalue weighted by Gasteiger charge is 2.41. The van der Waals surface area contributed by atoms with Crippen molar-refractivity contribution in [3.05, 3.63) is 102 Å². The molecule has 220 valence electrons. The molecule has 42 heavy (non-hydrogen) atoms. The largest absolute Gasteiger partial charge is 0.433 e. The third-order valence-corrected chi connectivity index (χ3v) is 7.67. The van der Waals surface area contributed by atoms with Crippen LogP contribution in [-0.2, 0) is 17.5 Å². The quantitative estimate of drug-likeness (QED) is 0.304. The Kier molecular flexibility index (Phi) is 8.19. The van der Waals surface area contributed by atoms with E-state index >= 15 is 0 Å². The smallest absolute Gasteiger partial charge is 0.376 e. The van der Waals surface area contributed by atoms with Crippen molar-refractivity contribution in [2.45, 2.75) is 45.0 Å². The molecule has 0 saturated carbocycles. The Balaban J connectivity index is 1.42. The number of carbonyl (C=O) groups is 1. The number of allylic oxidation sites excluding steroid dienone is 2. The number of nitrogens with one attached hydrogen (secondary N) is 2. The molecule has 2 aliphatic rings. The number of piperidine rings is 1. The Morgan fingerprint density at radius 1 is 1.07 bits per heavy atom. The zero-order chi connectivity index (χ0) is 30.1. The molecular formula is C32H31F5N4O. The first kappa shape index (κ1) is 29.4. The Bertz CT molecular complexity index is 1500. The lowest BCUT2D eigenvalue weighted by Gasteiger charge is -2.36. The molecule has 2 aliphatic heterocycles. The minimum atomic E-state index is -4.57. The van der Waals surface area contributed by atoms with Gasteiger partial charge in [0.2, 0.25) is 0 Å². The van der Waals surface area contributed by atoms with Crippen LogP contribution in [0.2, 0.25) is 0 Å². The number of carbonyl (C=O) groups excluding carboxylic acids is 1. The van der Waals surface area contributed by atoms with E-state index in [9.17, 15) is 26.7 Å². The van der Waals surface area contributed by atoms with Gasteiger partial charge in [-0.3, -0.25) is 14.7 Å². The molecule has 2 atom stereocenters. The van der Waals surface area contributed by atoms with Crippen molar-refractivity contribution in [2.75, 3.05) is 18.4 Å². The molecule has 0 aliphatic carbocycles. The van der Waals surface area contributed by atoms with Gasteiger partial charge in [0.25, 0.3) is 11.8 Å². The van der Waals surface area contributed by atoms with Gasteiger partial charge in [0.1, 0.15) is 11.7 Å². The van der Waals surface area contributed by atoms with Gasteiger partial charge in [-0.2, -0.15) is 13.2 Å². The summed E-state index contributed by atoms with van der Waals surface area (Å²) in [5, 5.41) is 6.03. The molecule has 3 aromatic rings. The Morgan fingerprint density at radius 3 is 2.50 bits per heavy atom. The van der Waals surface area contributed by atoms with Gasteiger partial charge in [-0.15, -0.1) is 0 Å². The fourth-order valence-corrected chi connectivity index (χ4v) is 5.27. The van der Waals surface area contributed by atoms with Gasteiger partial charge in [0.15, 0.2) is 0 Å². The van der Waals surface area contributed by atoms with E-state index in [0.717, 1.165) is 34.5 Å². The minimum absolute atomic E-state index is 0.200. The average Bonchev–Trinajstić information content (AvgIpc) is 2.95. The van der Waals surface area contributed by atoms with Crippen LogP contribution < -0.4 is 10.6 Å². The minimum Gasteiger partial charge on any atom is -0.376 e. The Labute approximate surface area is 241 Å². The van der Waals surface area contributed by atoms with Crippen molar-refractivity contribution in [1.82, 2.24) is 15.2 Å². The molecule has 1 fully saturated rings. The second-order valence-corrected chi connectivity index (χ2v) is 10.9. The van der Waals surface area contributed by atoms with Gasteiger partial charge in [0, 0.05) is 55.6 Å². The highest BCUT2D eigenvalue weighted by molar-refractivity contribution is 5.99. The first-order chi connectivity index (χ1) is 19.9. The third kappa shape index (κ3) is 6.70. The van der Waals surface area contributed by atoms with Crippen LogP contribution in [0, 0.1) is 5.92 Å². The molecule has 2 aromatic carbocycles. The zero-order valence-corrected chi connectivity index (χ0v) is 23.2. The fraction of sp³-hybridized carbons (Fsp3) is 0.312. The maximum Gasteiger partial charge on any atom is 0.433 e. The van der Waals surface area contributed by atoms with Gasteiger partial charge in [0.05, 0.1) is 0 Å². The number of hydrogen-bond donors (Lipinski definition) is 2. The van der Waals surface area contributed by atoms with E-state index in [1.807, 2.05) is 48.2 Å². The molecule has 0 radical (unpaired) electrons. The summed E-state index contributed by atoms with van der Waals surface area (Å²) < 4.78 is 67.4. The standard InChI is InChI=1S/C32H31F5N4O/c1-20-16-38-28(15-27(20)23-6-4-3-5-7-23)30(42)40-26-13-22(19-41-11-10-31(33,34)21(2)18-41)12-25(14-26)24-8-9-29(39-17-24)32(35,36)37/h3-9,12-17,21,28,38H,10-11,18-19H2,1-2H3,(H,40,42)/t21-,28?/m1/s1. The number of likely N-dealkylation sites (tertiary alicyclic amines) is 1. The summed E-state index contributed by atoms with van der Waals surface area (Å²) >= 11 is 0. The molecule has 1 unspecified atom stereocenters. The molecule has 2 N–H and O–H groups in total. The first-order valence-electron chi connectivity index (χ1n) is 13.7. The van der Waals surface area contributed by atoms with Crippen molar-refractivity contribution in [3.63, 3.8) is 0 Å². The first-order valence-corrected chi connectivity index (χ1v) is 13.7. The van der Waals surface area contributed by atoms with Gasteiger partial charge < -0.3 is 10.6 Å². The summed E-state index contributed by atoms with van der Waals surface area (Å²) in [6, 6.07) is 16.5. The number of pyridine rings is 1. The lowest BCUT2D eigenvalue weighted by Crippen LogP contribution is -2.45. The van der Waals surface area contributed by atoms with Crippen molar-refractivity contribution < 1.29 is 26.7 Å². The van der Waals surface area contributed by atoms with Gasteiger partial charge in [-0.1, -0.05) is 43.3 Å². The number of dihydropyridines is 1. The Morgan fingerprint density at radius 2 is 1.83 bits per heavy atom. The zero-order valence-electron chi connectivity index (χ0n) is 23.2. The van der Waals surface area contributed by atoms with Crippen LogP contribution in [-0.4, -0.2) is 40.8 Å². The van der Waals surface area contributed by atoms with Crippen molar-refractivity contribution >= 4 is 17.2 Å². The highest BCUT2D eigenvalue weighted by atomic mass is 19.4. The number of anilines is 1. The topological polar surface area (TPSA) is 57.3 Å². The van der Waals surface area contributed by atoms with E-state index < -0.39 is 29.8 Å². The highest BCUT2D eigenvalue weighted by Crippen LogP contribution is 2.35. The van der Waals surface area contributed by atoms with Crippen LogP contribution >= 0.6 is 0 Å². The van der Waals surface area contributed by atoms with Crippen LogP contribution in [0.1, 0.15) is 37.1 Å². The fourth-order valence-electron chi connectivity index (χ4n) is 5.27. The second-order valence-electron chi connectivity index (χ2n) is 10.9. The summed E-state index contributed by atoms with van der Waals surface area (Å²) in [6.45, 7) is 4.21. The second kappa shape index (κ2) is 11.7. The summed E-state index contributed by atoms with van der Waals surface area (Å²) in [7, 11) is 0. The van der Waals surface area contributed by atoms with Crippen LogP contribution in [0.5, 0.6) is 0 Å². The number of amides is 1. The molecule has 1 aromatic heterocycles. The van der Waals surface area contributed by atoms with Crippen molar-refractivity contribution in [3.8, 4) is 11.1 Å². The van der Waals surface area contributed by atoms with Gasteiger partial charge in [-0.05, 0) is 65.1 Å². The number of halogens is 5. The van der Waals surface area contributed by atoms with Gasteiger partial charge in [-0.25, -0.2) is 8.78 Å². The van der Waals surface area contributed by atoms with E-state index in [0.29, 0.717) is 23.4 Å². The maximum absolute atomic E-state index is 14.1. The molecule has 5 nitrogen and oxygen atoms in total. The SMILES string of the molecule is CC1=CNC(C(=O)Nc2cc(CN3CCC(F)(F)[C@H](C)C3)cc(-c3ccc(C(F)(F)F)nc3)c2)C=C1c1ccccc1. The molecule has 3 heterocycles.